The Kier molecular flexibility index (Phi) is 6.22. The third-order valence-electron chi connectivity index (χ3n) is 2.81. The number of hydrogen-bond acceptors (Lipinski definition) is 3. The zero-order chi connectivity index (χ0) is 12.7. The molecule has 3 nitrogen and oxygen atoms in total. The number of nitrogens with one attached hydrogen (secondary N) is 1. The second-order valence-corrected chi connectivity index (χ2v) is 5.62. The highest BCUT2D eigenvalue weighted by molar-refractivity contribution is 7.09. The zero-order valence-corrected chi connectivity index (χ0v) is 11.4. The summed E-state index contributed by atoms with van der Waals surface area (Å²) >= 11 is 1.75. The maximum Gasteiger partial charge on any atom is 0.220 e. The maximum atomic E-state index is 11.7. The van der Waals surface area contributed by atoms with Gasteiger partial charge in [-0.05, 0) is 30.2 Å². The monoisotopic (exact) mass is 254 g/mol. The maximum absolute atomic E-state index is 11.7. The lowest BCUT2D eigenvalue weighted by molar-refractivity contribution is -0.122. The van der Waals surface area contributed by atoms with E-state index in [1.807, 2.05) is 6.07 Å². The van der Waals surface area contributed by atoms with Gasteiger partial charge >= 0.3 is 0 Å². The van der Waals surface area contributed by atoms with Crippen molar-refractivity contribution in [3.05, 3.63) is 22.4 Å². The van der Waals surface area contributed by atoms with Crippen LogP contribution in [-0.2, 0) is 11.2 Å². The van der Waals surface area contributed by atoms with Crippen LogP contribution < -0.4 is 11.1 Å². The summed E-state index contributed by atoms with van der Waals surface area (Å²) in [5, 5.41) is 5.05. The van der Waals surface area contributed by atoms with Crippen LogP contribution in [0, 0.1) is 5.92 Å². The van der Waals surface area contributed by atoms with E-state index >= 15 is 0 Å². The minimum absolute atomic E-state index is 0.101. The lowest BCUT2D eigenvalue weighted by Gasteiger charge is -2.20. The minimum atomic E-state index is 0.101. The Hall–Kier alpha value is -0.870. The number of rotatable bonds is 7. The number of amides is 1. The Morgan fingerprint density at radius 2 is 2.29 bits per heavy atom. The molecule has 0 bridgehead atoms. The fourth-order valence-corrected chi connectivity index (χ4v) is 2.41. The molecular weight excluding hydrogens is 232 g/mol. The molecule has 17 heavy (non-hydrogen) atoms. The predicted octanol–water partition coefficient (Wildman–Crippen LogP) is 2.17. The van der Waals surface area contributed by atoms with Gasteiger partial charge in [-0.1, -0.05) is 19.9 Å². The molecule has 0 saturated carbocycles. The van der Waals surface area contributed by atoms with Crippen LogP contribution in [-0.4, -0.2) is 18.5 Å². The van der Waals surface area contributed by atoms with Gasteiger partial charge in [-0.3, -0.25) is 4.79 Å². The van der Waals surface area contributed by atoms with Crippen LogP contribution in [0.1, 0.15) is 31.6 Å². The SMILES string of the molecule is CC(C)C(CN)NC(=O)CCCc1cccs1. The van der Waals surface area contributed by atoms with Gasteiger partial charge in [0.05, 0.1) is 0 Å². The van der Waals surface area contributed by atoms with E-state index in [2.05, 4.69) is 30.6 Å². The minimum Gasteiger partial charge on any atom is -0.352 e. The second-order valence-electron chi connectivity index (χ2n) is 4.59. The molecule has 1 rings (SSSR count). The van der Waals surface area contributed by atoms with Gasteiger partial charge in [0.2, 0.25) is 5.91 Å². The topological polar surface area (TPSA) is 55.1 Å². The summed E-state index contributed by atoms with van der Waals surface area (Å²) in [4.78, 5) is 13.0. The normalized spacial score (nSPS) is 12.7. The number of carbonyl (C=O) groups is 1. The van der Waals surface area contributed by atoms with Crippen LogP contribution in [0.25, 0.3) is 0 Å². The number of hydrogen-bond donors (Lipinski definition) is 2. The van der Waals surface area contributed by atoms with Crippen LogP contribution >= 0.6 is 11.3 Å². The highest BCUT2D eigenvalue weighted by Crippen LogP contribution is 2.12. The Labute approximate surface area is 107 Å². The van der Waals surface area contributed by atoms with Gasteiger partial charge in [-0.25, -0.2) is 0 Å². The van der Waals surface area contributed by atoms with Crippen molar-refractivity contribution < 1.29 is 4.79 Å². The quantitative estimate of drug-likeness (QED) is 0.783. The van der Waals surface area contributed by atoms with Gasteiger partial charge in [-0.15, -0.1) is 11.3 Å². The second kappa shape index (κ2) is 7.45. The summed E-state index contributed by atoms with van der Waals surface area (Å²) in [6, 6.07) is 4.26. The van der Waals surface area contributed by atoms with E-state index in [4.69, 9.17) is 5.73 Å². The highest BCUT2D eigenvalue weighted by atomic mass is 32.1. The molecule has 4 heteroatoms. The molecule has 0 aliphatic carbocycles. The first kappa shape index (κ1) is 14.2. The third-order valence-corrected chi connectivity index (χ3v) is 3.75. The Balaban J connectivity index is 2.20. The van der Waals surface area contributed by atoms with E-state index in [1.54, 1.807) is 11.3 Å². The average molecular weight is 254 g/mol. The van der Waals surface area contributed by atoms with Crippen molar-refractivity contribution in [3.8, 4) is 0 Å². The molecule has 96 valence electrons. The van der Waals surface area contributed by atoms with Crippen molar-refractivity contribution >= 4 is 17.2 Å². The van der Waals surface area contributed by atoms with E-state index in [-0.39, 0.29) is 11.9 Å². The van der Waals surface area contributed by atoms with Crippen molar-refractivity contribution in [3.63, 3.8) is 0 Å². The van der Waals surface area contributed by atoms with Crippen LogP contribution in [0.4, 0.5) is 0 Å². The highest BCUT2D eigenvalue weighted by Gasteiger charge is 2.13. The fraction of sp³-hybridized carbons (Fsp3) is 0.615. The van der Waals surface area contributed by atoms with Crippen molar-refractivity contribution in [2.75, 3.05) is 6.54 Å². The first-order valence-electron chi connectivity index (χ1n) is 6.15. The first-order chi connectivity index (χ1) is 8.13. The molecular formula is C13H22N2OS. The predicted molar refractivity (Wildman–Crippen MR) is 73.1 cm³/mol. The van der Waals surface area contributed by atoms with E-state index < -0.39 is 0 Å². The molecule has 0 aromatic carbocycles. The van der Waals surface area contributed by atoms with Crippen molar-refractivity contribution in [1.82, 2.24) is 5.32 Å². The molecule has 0 radical (unpaired) electrons. The summed E-state index contributed by atoms with van der Waals surface area (Å²) in [5.74, 6) is 0.506. The molecule has 1 atom stereocenters. The summed E-state index contributed by atoms with van der Waals surface area (Å²) in [6.07, 6.45) is 2.48. The molecule has 3 N–H and O–H groups in total. The fourth-order valence-electron chi connectivity index (χ4n) is 1.65. The summed E-state index contributed by atoms with van der Waals surface area (Å²) < 4.78 is 0. The lowest BCUT2D eigenvalue weighted by atomic mass is 10.0. The Bertz CT molecular complexity index is 322. The number of thiophene rings is 1. The first-order valence-corrected chi connectivity index (χ1v) is 7.03. The van der Waals surface area contributed by atoms with Gasteiger partial charge < -0.3 is 11.1 Å². The van der Waals surface area contributed by atoms with Gasteiger partial charge in [-0.2, -0.15) is 0 Å². The average Bonchev–Trinajstić information content (AvgIpc) is 2.78. The molecule has 1 aromatic rings. The molecule has 1 amide bonds. The summed E-state index contributed by atoms with van der Waals surface area (Å²) in [6.45, 7) is 4.65. The van der Waals surface area contributed by atoms with E-state index in [9.17, 15) is 4.79 Å². The molecule has 0 spiro atoms. The van der Waals surface area contributed by atoms with Crippen molar-refractivity contribution in [2.24, 2.45) is 11.7 Å². The van der Waals surface area contributed by atoms with Gasteiger partial charge in [0.15, 0.2) is 0 Å². The lowest BCUT2D eigenvalue weighted by Crippen LogP contribution is -2.43. The Morgan fingerprint density at radius 1 is 1.53 bits per heavy atom. The van der Waals surface area contributed by atoms with Crippen molar-refractivity contribution in [1.29, 1.82) is 0 Å². The smallest absolute Gasteiger partial charge is 0.220 e. The molecule has 0 fully saturated rings. The van der Waals surface area contributed by atoms with Gasteiger partial charge in [0, 0.05) is 23.9 Å². The zero-order valence-electron chi connectivity index (χ0n) is 10.6. The standard InChI is InChI=1S/C13H22N2OS/c1-10(2)12(9-14)15-13(16)7-3-5-11-6-4-8-17-11/h4,6,8,10,12H,3,5,7,9,14H2,1-2H3,(H,15,16). The van der Waals surface area contributed by atoms with E-state index in [0.717, 1.165) is 12.8 Å². The van der Waals surface area contributed by atoms with Crippen LogP contribution in [0.2, 0.25) is 0 Å². The summed E-state index contributed by atoms with van der Waals surface area (Å²) in [5.41, 5.74) is 5.61. The van der Waals surface area contributed by atoms with Gasteiger partial charge in [0.1, 0.15) is 0 Å². The van der Waals surface area contributed by atoms with Gasteiger partial charge in [0.25, 0.3) is 0 Å². The molecule has 1 unspecified atom stereocenters. The number of carbonyl (C=O) groups excluding carboxylic acids is 1. The van der Waals surface area contributed by atoms with Crippen LogP contribution in [0.15, 0.2) is 17.5 Å². The summed E-state index contributed by atoms with van der Waals surface area (Å²) in [7, 11) is 0. The molecule has 1 heterocycles. The van der Waals surface area contributed by atoms with E-state index in [1.165, 1.54) is 4.88 Å². The largest absolute Gasteiger partial charge is 0.352 e. The number of nitrogens with two attached hydrogens (primary N) is 1. The molecule has 0 saturated heterocycles. The van der Waals surface area contributed by atoms with Crippen LogP contribution in [0.5, 0.6) is 0 Å². The van der Waals surface area contributed by atoms with E-state index in [0.29, 0.717) is 18.9 Å². The third kappa shape index (κ3) is 5.33. The molecule has 1 aromatic heterocycles. The molecule has 0 aliphatic heterocycles. The molecule has 0 aliphatic rings. The number of aryl methyl sites for hydroxylation is 1. The van der Waals surface area contributed by atoms with Crippen LogP contribution in [0.3, 0.4) is 0 Å². The Morgan fingerprint density at radius 3 is 2.82 bits per heavy atom. The van der Waals surface area contributed by atoms with Crippen molar-refractivity contribution in [2.45, 2.75) is 39.2 Å².